The Morgan fingerprint density at radius 2 is 2.00 bits per heavy atom. The summed E-state index contributed by atoms with van der Waals surface area (Å²) >= 11 is 1.30. The Morgan fingerprint density at radius 1 is 1.30 bits per heavy atom. The molecular weight excluding hydrogens is 276 g/mol. The quantitative estimate of drug-likeness (QED) is 0.811. The predicted octanol–water partition coefficient (Wildman–Crippen LogP) is 3.01. The van der Waals surface area contributed by atoms with Crippen molar-refractivity contribution >= 4 is 28.1 Å². The Bertz CT molecular complexity index is 625. The van der Waals surface area contributed by atoms with Gasteiger partial charge in [-0.2, -0.15) is 0 Å². The number of hydrogen-bond donors (Lipinski definition) is 0. The fraction of sp³-hybridized carbons (Fsp3) is 0.286. The van der Waals surface area contributed by atoms with E-state index in [1.807, 2.05) is 36.2 Å². The summed E-state index contributed by atoms with van der Waals surface area (Å²) in [7, 11) is 4.88. The van der Waals surface area contributed by atoms with Crippen LogP contribution in [0.15, 0.2) is 24.3 Å². The third kappa shape index (κ3) is 2.60. The average molecular weight is 292 g/mol. The molecule has 0 saturated heterocycles. The van der Waals surface area contributed by atoms with Crippen LogP contribution in [0.1, 0.15) is 15.4 Å². The Labute approximate surface area is 121 Å². The van der Waals surface area contributed by atoms with Crippen LogP contribution < -0.4 is 9.64 Å². The number of ether oxygens (including phenoxy) is 2. The van der Waals surface area contributed by atoms with E-state index in [2.05, 4.69) is 4.98 Å². The van der Waals surface area contributed by atoms with Crippen LogP contribution in [0, 0.1) is 6.92 Å². The Morgan fingerprint density at radius 3 is 2.65 bits per heavy atom. The second kappa shape index (κ2) is 5.92. The predicted molar refractivity (Wildman–Crippen MR) is 79.2 cm³/mol. The monoisotopic (exact) mass is 292 g/mol. The Hall–Kier alpha value is -2.08. The van der Waals surface area contributed by atoms with Crippen LogP contribution in [0.25, 0.3) is 0 Å². The van der Waals surface area contributed by atoms with Gasteiger partial charge in [0.05, 0.1) is 25.6 Å². The molecule has 0 bridgehead atoms. The number of rotatable bonds is 4. The zero-order valence-electron chi connectivity index (χ0n) is 11.8. The molecule has 0 aliphatic heterocycles. The van der Waals surface area contributed by atoms with Crippen molar-refractivity contribution in [1.29, 1.82) is 0 Å². The van der Waals surface area contributed by atoms with Gasteiger partial charge in [-0.15, -0.1) is 0 Å². The van der Waals surface area contributed by atoms with E-state index in [4.69, 9.17) is 9.47 Å². The summed E-state index contributed by atoms with van der Waals surface area (Å²) in [5, 5.41) is 0.715. The molecule has 20 heavy (non-hydrogen) atoms. The van der Waals surface area contributed by atoms with Gasteiger partial charge in [0.25, 0.3) is 0 Å². The minimum absolute atomic E-state index is 0.361. The van der Waals surface area contributed by atoms with E-state index >= 15 is 0 Å². The smallest absolute Gasteiger partial charge is 0.350 e. The topological polar surface area (TPSA) is 51.7 Å². The number of carbonyl (C=O) groups excluding carboxylic acids is 1. The molecule has 0 unspecified atom stereocenters. The maximum absolute atomic E-state index is 11.6. The minimum Gasteiger partial charge on any atom is -0.495 e. The molecule has 1 heterocycles. The van der Waals surface area contributed by atoms with Gasteiger partial charge in [0.15, 0.2) is 5.13 Å². The number of hydrogen-bond acceptors (Lipinski definition) is 6. The first-order valence-electron chi connectivity index (χ1n) is 6.01. The molecule has 1 aromatic heterocycles. The highest BCUT2D eigenvalue weighted by atomic mass is 32.1. The Kier molecular flexibility index (Phi) is 4.24. The number of aryl methyl sites for hydroxylation is 1. The first kappa shape index (κ1) is 14.3. The highest BCUT2D eigenvalue weighted by Gasteiger charge is 2.19. The highest BCUT2D eigenvalue weighted by molar-refractivity contribution is 7.17. The van der Waals surface area contributed by atoms with Crippen LogP contribution in [0.3, 0.4) is 0 Å². The zero-order valence-corrected chi connectivity index (χ0v) is 12.7. The van der Waals surface area contributed by atoms with Gasteiger partial charge in [0.2, 0.25) is 0 Å². The molecule has 0 fully saturated rings. The number of thiazole rings is 1. The lowest BCUT2D eigenvalue weighted by molar-refractivity contribution is 0.0605. The van der Waals surface area contributed by atoms with Crippen molar-refractivity contribution in [2.75, 3.05) is 26.2 Å². The Balaban J connectivity index is 2.39. The lowest BCUT2D eigenvalue weighted by Gasteiger charge is -2.18. The summed E-state index contributed by atoms with van der Waals surface area (Å²) in [6.45, 7) is 1.79. The molecule has 2 rings (SSSR count). The SMILES string of the molecule is COC(=O)c1sc(N(C)c2ccccc2OC)nc1C. The largest absolute Gasteiger partial charge is 0.495 e. The third-order valence-corrected chi connectivity index (χ3v) is 4.10. The molecule has 0 atom stereocenters. The molecule has 106 valence electrons. The van der Waals surface area contributed by atoms with Gasteiger partial charge in [0.1, 0.15) is 10.6 Å². The summed E-state index contributed by atoms with van der Waals surface area (Å²) in [4.78, 5) is 18.5. The number of methoxy groups -OCH3 is 2. The number of aromatic nitrogens is 1. The van der Waals surface area contributed by atoms with E-state index in [-0.39, 0.29) is 5.97 Å². The van der Waals surface area contributed by atoms with Gasteiger partial charge in [-0.25, -0.2) is 9.78 Å². The summed E-state index contributed by atoms with van der Waals surface area (Å²) in [6.07, 6.45) is 0. The van der Waals surface area contributed by atoms with Crippen LogP contribution in [0.2, 0.25) is 0 Å². The van der Waals surface area contributed by atoms with Crippen molar-refractivity contribution in [2.24, 2.45) is 0 Å². The van der Waals surface area contributed by atoms with Crippen LogP contribution in [0.4, 0.5) is 10.8 Å². The molecule has 0 radical (unpaired) electrons. The van der Waals surface area contributed by atoms with E-state index < -0.39 is 0 Å². The number of esters is 1. The van der Waals surface area contributed by atoms with E-state index in [1.54, 1.807) is 14.0 Å². The van der Waals surface area contributed by atoms with E-state index in [1.165, 1.54) is 18.4 Å². The fourth-order valence-corrected chi connectivity index (χ4v) is 2.78. The first-order valence-corrected chi connectivity index (χ1v) is 6.82. The summed E-state index contributed by atoms with van der Waals surface area (Å²) < 4.78 is 10.1. The maximum atomic E-state index is 11.6. The van der Waals surface area contributed by atoms with Gasteiger partial charge in [-0.1, -0.05) is 23.5 Å². The molecule has 0 amide bonds. The second-order valence-corrected chi connectivity index (χ2v) is 5.11. The molecule has 2 aromatic rings. The molecule has 0 saturated carbocycles. The minimum atomic E-state index is -0.361. The maximum Gasteiger partial charge on any atom is 0.350 e. The van der Waals surface area contributed by atoms with Crippen molar-refractivity contribution < 1.29 is 14.3 Å². The number of nitrogens with zero attached hydrogens (tertiary/aromatic N) is 2. The van der Waals surface area contributed by atoms with E-state index in [0.29, 0.717) is 15.7 Å². The van der Waals surface area contributed by atoms with Crippen LogP contribution in [-0.4, -0.2) is 32.2 Å². The molecule has 0 spiro atoms. The average Bonchev–Trinajstić information content (AvgIpc) is 2.87. The first-order chi connectivity index (χ1) is 9.58. The molecule has 5 nitrogen and oxygen atoms in total. The van der Waals surface area contributed by atoms with Crippen LogP contribution in [-0.2, 0) is 4.74 Å². The lowest BCUT2D eigenvalue weighted by Crippen LogP contribution is -2.10. The third-order valence-electron chi connectivity index (χ3n) is 2.89. The number of carbonyl (C=O) groups is 1. The molecule has 0 aliphatic rings. The lowest BCUT2D eigenvalue weighted by atomic mass is 10.3. The van der Waals surface area contributed by atoms with Gasteiger partial charge in [-0.3, -0.25) is 0 Å². The standard InChI is InChI=1S/C14H16N2O3S/c1-9-12(13(17)19-4)20-14(15-9)16(2)10-7-5-6-8-11(10)18-3/h5-8H,1-4H3. The van der Waals surface area contributed by atoms with E-state index in [0.717, 1.165) is 11.4 Å². The zero-order chi connectivity index (χ0) is 14.7. The summed E-state index contributed by atoms with van der Waals surface area (Å²) in [6, 6.07) is 7.65. The molecule has 6 heteroatoms. The van der Waals surface area contributed by atoms with Crippen molar-refractivity contribution in [1.82, 2.24) is 4.98 Å². The number of benzene rings is 1. The molecule has 1 aromatic carbocycles. The fourth-order valence-electron chi connectivity index (χ4n) is 1.82. The molecular formula is C14H16N2O3S. The van der Waals surface area contributed by atoms with Crippen molar-refractivity contribution in [2.45, 2.75) is 6.92 Å². The second-order valence-electron chi connectivity index (χ2n) is 4.13. The highest BCUT2D eigenvalue weighted by Crippen LogP contribution is 2.35. The van der Waals surface area contributed by atoms with Crippen molar-refractivity contribution in [3.8, 4) is 5.75 Å². The van der Waals surface area contributed by atoms with Gasteiger partial charge in [-0.05, 0) is 19.1 Å². The van der Waals surface area contributed by atoms with Crippen molar-refractivity contribution in [3.05, 3.63) is 34.8 Å². The summed E-state index contributed by atoms with van der Waals surface area (Å²) in [5.74, 6) is 0.391. The normalized spacial score (nSPS) is 10.2. The van der Waals surface area contributed by atoms with Gasteiger partial charge < -0.3 is 14.4 Å². The number of para-hydroxylation sites is 2. The van der Waals surface area contributed by atoms with Crippen LogP contribution >= 0.6 is 11.3 Å². The van der Waals surface area contributed by atoms with Crippen molar-refractivity contribution in [3.63, 3.8) is 0 Å². The van der Waals surface area contributed by atoms with Gasteiger partial charge >= 0.3 is 5.97 Å². The summed E-state index contributed by atoms with van der Waals surface area (Å²) in [5.41, 5.74) is 1.55. The molecule has 0 aliphatic carbocycles. The van der Waals surface area contributed by atoms with Gasteiger partial charge in [0, 0.05) is 7.05 Å². The van der Waals surface area contributed by atoms with Crippen LogP contribution in [0.5, 0.6) is 5.75 Å². The van der Waals surface area contributed by atoms with E-state index in [9.17, 15) is 4.79 Å². The number of anilines is 2. The molecule has 0 N–H and O–H groups in total.